The van der Waals surface area contributed by atoms with Gasteiger partial charge in [-0.25, -0.2) is 4.68 Å². The average molecular weight is 334 g/mol. The first-order valence-corrected chi connectivity index (χ1v) is 7.33. The fraction of sp³-hybridized carbons (Fsp3) is 0.118. The van der Waals surface area contributed by atoms with Gasteiger partial charge >= 0.3 is 6.18 Å². The van der Waals surface area contributed by atoms with Crippen molar-refractivity contribution in [2.75, 3.05) is 0 Å². The molecule has 0 aliphatic carbocycles. The van der Waals surface area contributed by atoms with Gasteiger partial charge in [0.15, 0.2) is 5.69 Å². The predicted octanol–water partition coefficient (Wildman–Crippen LogP) is 5.16. The number of aryl methyl sites for hydroxylation is 1. The second-order valence-electron chi connectivity index (χ2n) is 5.21. The fourth-order valence-electron chi connectivity index (χ4n) is 2.24. The van der Waals surface area contributed by atoms with Crippen molar-refractivity contribution in [1.29, 1.82) is 0 Å². The van der Waals surface area contributed by atoms with Crippen LogP contribution in [0, 0.1) is 6.92 Å². The number of nitrogens with zero attached hydrogens (tertiary/aromatic N) is 2. The zero-order valence-corrected chi connectivity index (χ0v) is 13.1. The Bertz CT molecular complexity index is 756. The Morgan fingerprint density at radius 2 is 1.57 bits per heavy atom. The van der Waals surface area contributed by atoms with Crippen molar-refractivity contribution in [3.8, 4) is 16.9 Å². The van der Waals surface area contributed by atoms with Crippen LogP contribution < -0.4 is 0 Å². The molecule has 0 radical (unpaired) electrons. The minimum atomic E-state index is -4.49. The Balaban J connectivity index is 2.18. The van der Waals surface area contributed by atoms with Gasteiger partial charge in [0.2, 0.25) is 0 Å². The highest BCUT2D eigenvalue weighted by atomic mass is 32.1. The molecule has 0 spiro atoms. The molecule has 1 aromatic heterocycles. The van der Waals surface area contributed by atoms with Gasteiger partial charge in [-0.15, -0.1) is 12.6 Å². The molecule has 1 heterocycles. The first kappa shape index (κ1) is 15.7. The van der Waals surface area contributed by atoms with Crippen LogP contribution in [-0.4, -0.2) is 9.78 Å². The van der Waals surface area contributed by atoms with E-state index in [9.17, 15) is 13.2 Å². The molecule has 0 aliphatic heterocycles. The topological polar surface area (TPSA) is 17.8 Å². The fourth-order valence-corrected chi connectivity index (χ4v) is 2.39. The summed E-state index contributed by atoms with van der Waals surface area (Å²) >= 11 is 4.19. The first-order chi connectivity index (χ1) is 10.8. The zero-order valence-electron chi connectivity index (χ0n) is 12.2. The second kappa shape index (κ2) is 5.77. The van der Waals surface area contributed by atoms with Crippen molar-refractivity contribution in [1.82, 2.24) is 9.78 Å². The van der Waals surface area contributed by atoms with E-state index in [2.05, 4.69) is 17.7 Å². The van der Waals surface area contributed by atoms with E-state index in [1.54, 1.807) is 36.4 Å². The first-order valence-electron chi connectivity index (χ1n) is 6.88. The average Bonchev–Trinajstić information content (AvgIpc) is 2.94. The van der Waals surface area contributed by atoms with Crippen molar-refractivity contribution in [3.63, 3.8) is 0 Å². The summed E-state index contributed by atoms with van der Waals surface area (Å²) in [5.41, 5.74) is 1.74. The molecule has 0 amide bonds. The van der Waals surface area contributed by atoms with Gasteiger partial charge in [0, 0.05) is 10.5 Å². The molecule has 0 aliphatic rings. The van der Waals surface area contributed by atoms with Crippen molar-refractivity contribution >= 4 is 12.6 Å². The standard InChI is InChI=1S/C17H13F3N2S/c1-11-2-4-12(5-3-11)15-10-16(17(18,19)20)21-22(15)13-6-8-14(23)9-7-13/h2-10,23H,1H3. The lowest BCUT2D eigenvalue weighted by Gasteiger charge is -2.08. The van der Waals surface area contributed by atoms with Gasteiger partial charge < -0.3 is 0 Å². The van der Waals surface area contributed by atoms with Gasteiger partial charge in [0.1, 0.15) is 0 Å². The molecule has 2 nitrogen and oxygen atoms in total. The van der Waals surface area contributed by atoms with Crippen LogP contribution in [0.15, 0.2) is 59.5 Å². The third kappa shape index (κ3) is 3.27. The Morgan fingerprint density at radius 1 is 0.957 bits per heavy atom. The maximum atomic E-state index is 13.1. The molecule has 2 aromatic carbocycles. The molecule has 3 rings (SSSR count). The third-order valence-electron chi connectivity index (χ3n) is 3.44. The van der Waals surface area contributed by atoms with E-state index >= 15 is 0 Å². The normalized spacial score (nSPS) is 11.7. The summed E-state index contributed by atoms with van der Waals surface area (Å²) in [6.45, 7) is 1.92. The number of alkyl halides is 3. The number of benzene rings is 2. The van der Waals surface area contributed by atoms with Gasteiger partial charge in [0.05, 0.1) is 11.4 Å². The Hall–Kier alpha value is -2.21. The van der Waals surface area contributed by atoms with E-state index in [-0.39, 0.29) is 0 Å². The number of halogens is 3. The smallest absolute Gasteiger partial charge is 0.233 e. The molecule has 6 heteroatoms. The molecule has 0 unspecified atom stereocenters. The highest BCUT2D eigenvalue weighted by molar-refractivity contribution is 7.80. The summed E-state index contributed by atoms with van der Waals surface area (Å²) < 4.78 is 40.5. The lowest BCUT2D eigenvalue weighted by Crippen LogP contribution is -2.07. The van der Waals surface area contributed by atoms with E-state index in [4.69, 9.17) is 0 Å². The quantitative estimate of drug-likeness (QED) is 0.641. The van der Waals surface area contributed by atoms with Crippen LogP contribution in [0.2, 0.25) is 0 Å². The van der Waals surface area contributed by atoms with E-state index in [1.165, 1.54) is 4.68 Å². The van der Waals surface area contributed by atoms with Crippen LogP contribution in [0.1, 0.15) is 11.3 Å². The second-order valence-corrected chi connectivity index (χ2v) is 5.72. The van der Waals surface area contributed by atoms with Gasteiger partial charge in [-0.2, -0.15) is 18.3 Å². The van der Waals surface area contributed by atoms with Crippen LogP contribution in [0.3, 0.4) is 0 Å². The molecule has 118 valence electrons. The largest absolute Gasteiger partial charge is 0.435 e. The minimum absolute atomic E-state index is 0.393. The van der Waals surface area contributed by atoms with E-state index in [1.807, 2.05) is 19.1 Å². The Kier molecular flexibility index (Phi) is 3.93. The molecule has 0 bridgehead atoms. The summed E-state index contributed by atoms with van der Waals surface area (Å²) in [5.74, 6) is 0. The Labute approximate surface area is 137 Å². The van der Waals surface area contributed by atoms with E-state index in [0.717, 1.165) is 16.5 Å². The maximum absolute atomic E-state index is 13.1. The number of thiol groups is 1. The summed E-state index contributed by atoms with van der Waals surface area (Å²) in [5, 5.41) is 3.75. The molecular weight excluding hydrogens is 321 g/mol. The molecule has 0 saturated carbocycles. The monoisotopic (exact) mass is 334 g/mol. The maximum Gasteiger partial charge on any atom is 0.435 e. The van der Waals surface area contributed by atoms with Crippen molar-refractivity contribution in [2.24, 2.45) is 0 Å². The molecule has 0 atom stereocenters. The van der Waals surface area contributed by atoms with Gasteiger partial charge in [0.25, 0.3) is 0 Å². The SMILES string of the molecule is Cc1ccc(-c2cc(C(F)(F)F)nn2-c2ccc(S)cc2)cc1. The van der Waals surface area contributed by atoms with Crippen molar-refractivity contribution in [3.05, 3.63) is 65.9 Å². The number of hydrogen-bond acceptors (Lipinski definition) is 2. The Morgan fingerprint density at radius 3 is 2.13 bits per heavy atom. The van der Waals surface area contributed by atoms with Gasteiger partial charge in [-0.05, 0) is 37.3 Å². The molecule has 23 heavy (non-hydrogen) atoms. The summed E-state index contributed by atoms with van der Waals surface area (Å²) in [6, 6.07) is 15.2. The van der Waals surface area contributed by atoms with Crippen LogP contribution >= 0.6 is 12.6 Å². The van der Waals surface area contributed by atoms with Crippen LogP contribution in [-0.2, 0) is 6.18 Å². The third-order valence-corrected chi connectivity index (χ3v) is 3.74. The molecule has 3 aromatic rings. The summed E-state index contributed by atoms with van der Waals surface area (Å²) in [4.78, 5) is 0.730. The predicted molar refractivity (Wildman–Crippen MR) is 86.0 cm³/mol. The highest BCUT2D eigenvalue weighted by Gasteiger charge is 2.35. The van der Waals surface area contributed by atoms with Gasteiger partial charge in [-0.3, -0.25) is 0 Å². The minimum Gasteiger partial charge on any atom is -0.233 e. The van der Waals surface area contributed by atoms with E-state index in [0.29, 0.717) is 16.9 Å². The number of rotatable bonds is 2. The zero-order chi connectivity index (χ0) is 16.6. The summed E-state index contributed by atoms with van der Waals surface area (Å²) in [7, 11) is 0. The van der Waals surface area contributed by atoms with Crippen LogP contribution in [0.25, 0.3) is 16.9 Å². The highest BCUT2D eigenvalue weighted by Crippen LogP contribution is 2.33. The van der Waals surface area contributed by atoms with Crippen LogP contribution in [0.4, 0.5) is 13.2 Å². The molecule has 0 N–H and O–H groups in total. The van der Waals surface area contributed by atoms with Crippen molar-refractivity contribution < 1.29 is 13.2 Å². The number of hydrogen-bond donors (Lipinski definition) is 1. The van der Waals surface area contributed by atoms with Gasteiger partial charge in [-0.1, -0.05) is 29.8 Å². The van der Waals surface area contributed by atoms with Crippen molar-refractivity contribution in [2.45, 2.75) is 18.0 Å². The lowest BCUT2D eigenvalue weighted by atomic mass is 10.1. The molecular formula is C17H13F3N2S. The van der Waals surface area contributed by atoms with Crippen LogP contribution in [0.5, 0.6) is 0 Å². The number of aromatic nitrogens is 2. The molecule has 0 saturated heterocycles. The van der Waals surface area contributed by atoms with E-state index < -0.39 is 11.9 Å². The molecule has 0 fully saturated rings. The lowest BCUT2D eigenvalue weighted by molar-refractivity contribution is -0.141. The summed E-state index contributed by atoms with van der Waals surface area (Å²) in [6.07, 6.45) is -4.49.